The van der Waals surface area contributed by atoms with Crippen molar-refractivity contribution in [1.82, 2.24) is 25.3 Å². The quantitative estimate of drug-likeness (QED) is 0.712. The van der Waals surface area contributed by atoms with Gasteiger partial charge in [-0.1, -0.05) is 0 Å². The van der Waals surface area contributed by atoms with Crippen LogP contribution in [0.1, 0.15) is 25.7 Å². The SMILES string of the molecule is CNC(=O)N1CCCCC1OC(=O)NCCCN1CCN(C)CC1. The third-order valence-corrected chi connectivity index (χ3v) is 4.68. The lowest BCUT2D eigenvalue weighted by molar-refractivity contribution is -0.0119. The summed E-state index contributed by atoms with van der Waals surface area (Å²) in [5, 5.41) is 5.40. The molecule has 2 saturated heterocycles. The Balaban J connectivity index is 1.62. The van der Waals surface area contributed by atoms with Crippen LogP contribution >= 0.6 is 0 Å². The minimum absolute atomic E-state index is 0.192. The molecule has 2 aliphatic rings. The number of alkyl carbamates (subject to hydrolysis) is 1. The molecule has 0 aliphatic carbocycles. The van der Waals surface area contributed by atoms with E-state index in [1.807, 2.05) is 0 Å². The molecule has 24 heavy (non-hydrogen) atoms. The largest absolute Gasteiger partial charge is 0.425 e. The summed E-state index contributed by atoms with van der Waals surface area (Å²) in [5.41, 5.74) is 0. The Kier molecular flexibility index (Phi) is 7.58. The molecule has 8 heteroatoms. The lowest BCUT2D eigenvalue weighted by atomic mass is 10.1. The second kappa shape index (κ2) is 9.68. The number of hydrogen-bond donors (Lipinski definition) is 2. The van der Waals surface area contributed by atoms with Crippen LogP contribution in [-0.2, 0) is 4.74 Å². The molecular weight excluding hydrogens is 310 g/mol. The van der Waals surface area contributed by atoms with Crippen LogP contribution in [0, 0.1) is 0 Å². The Labute approximate surface area is 144 Å². The summed E-state index contributed by atoms with van der Waals surface area (Å²) in [6.07, 6.45) is 2.62. The fourth-order valence-corrected chi connectivity index (χ4v) is 3.13. The lowest BCUT2D eigenvalue weighted by Gasteiger charge is -2.34. The fourth-order valence-electron chi connectivity index (χ4n) is 3.13. The molecule has 2 aliphatic heterocycles. The Hall–Kier alpha value is -1.54. The molecule has 2 N–H and O–H groups in total. The van der Waals surface area contributed by atoms with E-state index >= 15 is 0 Å². The zero-order valence-electron chi connectivity index (χ0n) is 14.9. The maximum atomic E-state index is 11.9. The summed E-state index contributed by atoms with van der Waals surface area (Å²) in [7, 11) is 3.73. The van der Waals surface area contributed by atoms with Gasteiger partial charge in [0.1, 0.15) is 0 Å². The number of piperazine rings is 1. The van der Waals surface area contributed by atoms with Gasteiger partial charge in [-0.05, 0) is 32.9 Å². The number of carbonyl (C=O) groups is 2. The predicted octanol–water partition coefficient (Wildman–Crippen LogP) is 0.502. The van der Waals surface area contributed by atoms with E-state index in [-0.39, 0.29) is 6.03 Å². The Morgan fingerprint density at radius 3 is 2.58 bits per heavy atom. The van der Waals surface area contributed by atoms with Crippen molar-refractivity contribution in [3.63, 3.8) is 0 Å². The highest BCUT2D eigenvalue weighted by Gasteiger charge is 2.29. The number of amides is 3. The molecule has 0 aromatic heterocycles. The number of piperidine rings is 1. The van der Waals surface area contributed by atoms with E-state index in [4.69, 9.17) is 4.74 Å². The van der Waals surface area contributed by atoms with E-state index in [0.29, 0.717) is 19.5 Å². The molecule has 3 amide bonds. The molecule has 0 saturated carbocycles. The van der Waals surface area contributed by atoms with Gasteiger partial charge in [-0.25, -0.2) is 9.59 Å². The third kappa shape index (κ3) is 5.83. The van der Waals surface area contributed by atoms with Crippen molar-refractivity contribution in [3.05, 3.63) is 0 Å². The molecule has 1 atom stereocenters. The van der Waals surface area contributed by atoms with Crippen molar-refractivity contribution in [1.29, 1.82) is 0 Å². The van der Waals surface area contributed by atoms with Crippen molar-refractivity contribution in [2.45, 2.75) is 31.9 Å². The standard InChI is InChI=1S/C16H31N5O3/c1-17-15(22)21-9-4-3-6-14(21)24-16(23)18-7-5-8-20-12-10-19(2)11-13-20/h14H,3-13H2,1-2H3,(H,17,22)(H,18,23). The Bertz CT molecular complexity index is 413. The molecule has 138 valence electrons. The smallest absolute Gasteiger partial charge is 0.409 e. The van der Waals surface area contributed by atoms with Crippen LogP contribution in [0.3, 0.4) is 0 Å². The molecule has 0 bridgehead atoms. The first-order chi connectivity index (χ1) is 11.6. The van der Waals surface area contributed by atoms with Gasteiger partial charge in [0, 0.05) is 52.7 Å². The maximum absolute atomic E-state index is 11.9. The molecular formula is C16H31N5O3. The topological polar surface area (TPSA) is 77.1 Å². The Morgan fingerprint density at radius 2 is 1.88 bits per heavy atom. The number of ether oxygens (including phenoxy) is 1. The van der Waals surface area contributed by atoms with Gasteiger partial charge in [0.25, 0.3) is 0 Å². The number of hydrogen-bond acceptors (Lipinski definition) is 5. The van der Waals surface area contributed by atoms with Crippen molar-refractivity contribution in [2.24, 2.45) is 0 Å². The summed E-state index contributed by atoms with van der Waals surface area (Å²) < 4.78 is 5.43. The molecule has 8 nitrogen and oxygen atoms in total. The highest BCUT2D eigenvalue weighted by molar-refractivity contribution is 5.74. The molecule has 0 aromatic carbocycles. The zero-order chi connectivity index (χ0) is 17.4. The minimum atomic E-state index is -0.462. The highest BCUT2D eigenvalue weighted by atomic mass is 16.6. The van der Waals surface area contributed by atoms with E-state index in [0.717, 1.165) is 52.0 Å². The van der Waals surface area contributed by atoms with Crippen LogP contribution < -0.4 is 10.6 Å². The van der Waals surface area contributed by atoms with Gasteiger partial charge in [0.15, 0.2) is 6.23 Å². The van der Waals surface area contributed by atoms with Crippen LogP contribution in [0.15, 0.2) is 0 Å². The zero-order valence-corrected chi connectivity index (χ0v) is 14.9. The fraction of sp³-hybridized carbons (Fsp3) is 0.875. The number of likely N-dealkylation sites (N-methyl/N-ethyl adjacent to an activating group) is 1. The normalized spacial score (nSPS) is 22.9. The van der Waals surface area contributed by atoms with Gasteiger partial charge in [-0.15, -0.1) is 0 Å². The van der Waals surface area contributed by atoms with Gasteiger partial charge in [-0.3, -0.25) is 4.90 Å². The molecule has 2 rings (SSSR count). The predicted molar refractivity (Wildman–Crippen MR) is 91.8 cm³/mol. The van der Waals surface area contributed by atoms with Crippen molar-refractivity contribution in [2.75, 3.05) is 59.9 Å². The highest BCUT2D eigenvalue weighted by Crippen LogP contribution is 2.18. The second-order valence-electron chi connectivity index (χ2n) is 6.53. The van der Waals surface area contributed by atoms with Crippen molar-refractivity contribution >= 4 is 12.1 Å². The summed E-state index contributed by atoms with van der Waals surface area (Å²) in [4.78, 5) is 30.1. The van der Waals surface area contributed by atoms with E-state index in [9.17, 15) is 9.59 Å². The molecule has 2 heterocycles. The number of rotatable bonds is 5. The maximum Gasteiger partial charge on any atom is 0.409 e. The number of likely N-dealkylation sites (tertiary alicyclic amines) is 1. The first kappa shape index (κ1) is 18.8. The minimum Gasteiger partial charge on any atom is -0.425 e. The molecule has 1 unspecified atom stereocenters. The first-order valence-electron chi connectivity index (χ1n) is 8.94. The van der Waals surface area contributed by atoms with Crippen molar-refractivity contribution in [3.8, 4) is 0 Å². The second-order valence-corrected chi connectivity index (χ2v) is 6.53. The van der Waals surface area contributed by atoms with E-state index in [2.05, 4.69) is 27.5 Å². The summed E-state index contributed by atoms with van der Waals surface area (Å²) in [6.45, 7) is 6.59. The van der Waals surface area contributed by atoms with E-state index in [1.165, 1.54) is 0 Å². The van der Waals surface area contributed by atoms with Crippen LogP contribution in [-0.4, -0.2) is 93.0 Å². The lowest BCUT2D eigenvalue weighted by Crippen LogP contribution is -2.50. The summed E-state index contributed by atoms with van der Waals surface area (Å²) in [6, 6.07) is -0.192. The summed E-state index contributed by atoms with van der Waals surface area (Å²) in [5.74, 6) is 0. The van der Waals surface area contributed by atoms with E-state index in [1.54, 1.807) is 11.9 Å². The van der Waals surface area contributed by atoms with Crippen LogP contribution in [0.4, 0.5) is 9.59 Å². The number of carbonyl (C=O) groups excluding carboxylic acids is 2. The van der Waals surface area contributed by atoms with Gasteiger partial charge in [0.05, 0.1) is 0 Å². The molecule has 0 radical (unpaired) electrons. The Morgan fingerprint density at radius 1 is 1.12 bits per heavy atom. The number of urea groups is 1. The van der Waals surface area contributed by atoms with Crippen LogP contribution in [0.25, 0.3) is 0 Å². The van der Waals surface area contributed by atoms with Gasteiger partial charge < -0.3 is 25.2 Å². The van der Waals surface area contributed by atoms with Crippen molar-refractivity contribution < 1.29 is 14.3 Å². The molecule has 0 spiro atoms. The monoisotopic (exact) mass is 341 g/mol. The van der Waals surface area contributed by atoms with Gasteiger partial charge >= 0.3 is 12.1 Å². The molecule has 0 aromatic rings. The number of nitrogens with zero attached hydrogens (tertiary/aromatic N) is 3. The van der Waals surface area contributed by atoms with Gasteiger partial charge in [-0.2, -0.15) is 0 Å². The average Bonchev–Trinajstić information content (AvgIpc) is 2.60. The first-order valence-corrected chi connectivity index (χ1v) is 8.94. The molecule has 2 fully saturated rings. The van der Waals surface area contributed by atoms with Gasteiger partial charge in [0.2, 0.25) is 0 Å². The average molecular weight is 341 g/mol. The van der Waals surface area contributed by atoms with Crippen LogP contribution in [0.2, 0.25) is 0 Å². The third-order valence-electron chi connectivity index (χ3n) is 4.68. The summed E-state index contributed by atoms with van der Waals surface area (Å²) >= 11 is 0. The van der Waals surface area contributed by atoms with E-state index < -0.39 is 12.3 Å². The van der Waals surface area contributed by atoms with Crippen LogP contribution in [0.5, 0.6) is 0 Å². The number of nitrogens with one attached hydrogen (secondary N) is 2.